The molecule has 0 bridgehead atoms. The van der Waals surface area contributed by atoms with E-state index in [1.165, 1.54) is 19.1 Å². The zero-order valence-electron chi connectivity index (χ0n) is 11.1. The van der Waals surface area contributed by atoms with Crippen LogP contribution in [0.1, 0.15) is 12.0 Å². The van der Waals surface area contributed by atoms with E-state index in [4.69, 9.17) is 6.42 Å². The summed E-state index contributed by atoms with van der Waals surface area (Å²) in [6.07, 6.45) is 5.29. The fourth-order valence-corrected chi connectivity index (χ4v) is 2.33. The van der Waals surface area contributed by atoms with Gasteiger partial charge in [-0.3, -0.25) is 29.9 Å². The van der Waals surface area contributed by atoms with Crippen LogP contribution >= 0.6 is 0 Å². The Morgan fingerprint density at radius 3 is 2.19 bits per heavy atom. The molecule has 1 fully saturated rings. The molecular weight excluding hydrogens is 278 g/mol. The van der Waals surface area contributed by atoms with Crippen LogP contribution in [0.3, 0.4) is 0 Å². The summed E-state index contributed by atoms with van der Waals surface area (Å²) < 4.78 is 0. The second-order valence-electron chi connectivity index (χ2n) is 4.74. The first kappa shape index (κ1) is 14.5. The third-order valence-electron chi connectivity index (χ3n) is 3.24. The second-order valence-corrected chi connectivity index (χ2v) is 4.74. The Bertz CT molecular complexity index is 657. The van der Waals surface area contributed by atoms with E-state index >= 15 is 0 Å². The van der Waals surface area contributed by atoms with Crippen molar-refractivity contribution in [3.8, 4) is 12.3 Å². The average Bonchev–Trinajstić information content (AvgIpc) is 2.78. The molecule has 0 radical (unpaired) electrons. The average molecular weight is 289 g/mol. The van der Waals surface area contributed by atoms with Gasteiger partial charge >= 0.3 is 0 Å². The molecule has 0 aromatic heterocycles. The third-order valence-corrected chi connectivity index (χ3v) is 3.24. The fourth-order valence-electron chi connectivity index (χ4n) is 2.33. The molecule has 2 rings (SSSR count). The molecule has 0 N–H and O–H groups in total. The number of nitrogens with zero attached hydrogens (tertiary/aromatic N) is 3. The summed E-state index contributed by atoms with van der Waals surface area (Å²) in [5.74, 6) is 1.55. The second kappa shape index (κ2) is 5.20. The predicted molar refractivity (Wildman–Crippen MR) is 73.8 cm³/mol. The summed E-state index contributed by atoms with van der Waals surface area (Å²) in [5.41, 5.74) is -0.851. The van der Waals surface area contributed by atoms with E-state index in [0.717, 1.165) is 4.90 Å². The van der Waals surface area contributed by atoms with E-state index in [1.54, 1.807) is 0 Å². The van der Waals surface area contributed by atoms with E-state index in [-0.39, 0.29) is 18.7 Å². The van der Waals surface area contributed by atoms with Crippen LogP contribution in [0.25, 0.3) is 0 Å². The maximum absolute atomic E-state index is 12.0. The summed E-state index contributed by atoms with van der Waals surface area (Å²) in [7, 11) is 0. The van der Waals surface area contributed by atoms with Crippen LogP contribution in [0, 0.1) is 45.4 Å². The number of carbonyl (C=O) groups excluding carboxylic acids is 1. The molecule has 1 aromatic carbocycles. The minimum atomic E-state index is -0.730. The number of terminal acetylenes is 1. The summed E-state index contributed by atoms with van der Waals surface area (Å²) in [6, 6.07) is 2.41. The molecule has 8 heteroatoms. The maximum Gasteiger partial charge on any atom is 0.300 e. The molecule has 1 atom stereocenters. The molecule has 1 aliphatic rings. The summed E-state index contributed by atoms with van der Waals surface area (Å²) in [6.45, 7) is 1.56. The summed E-state index contributed by atoms with van der Waals surface area (Å²) in [5, 5.41) is 22.3. The van der Waals surface area contributed by atoms with Crippen LogP contribution in [0.4, 0.5) is 17.1 Å². The molecular formula is C13H11N3O5. The summed E-state index contributed by atoms with van der Waals surface area (Å²) >= 11 is 0. The van der Waals surface area contributed by atoms with Crippen molar-refractivity contribution in [3.63, 3.8) is 0 Å². The highest BCUT2D eigenvalue weighted by Crippen LogP contribution is 2.41. The highest BCUT2D eigenvalue weighted by molar-refractivity contribution is 6.00. The number of carbonyl (C=O) groups is 1. The van der Waals surface area contributed by atoms with Gasteiger partial charge in [0.25, 0.3) is 11.4 Å². The number of rotatable bonds is 3. The molecule has 1 unspecified atom stereocenters. The third kappa shape index (κ3) is 2.53. The SMILES string of the molecule is C#CC1CC(=O)N(c2c([N+](=O)[O-])cc(C)cc2[N+](=O)[O-])C1. The number of anilines is 1. The van der Waals surface area contributed by atoms with Crippen molar-refractivity contribution in [1.29, 1.82) is 0 Å². The van der Waals surface area contributed by atoms with Gasteiger partial charge < -0.3 is 0 Å². The quantitative estimate of drug-likeness (QED) is 0.479. The Kier molecular flexibility index (Phi) is 3.58. The van der Waals surface area contributed by atoms with Gasteiger partial charge in [-0.2, -0.15) is 0 Å². The Morgan fingerprint density at radius 2 is 1.81 bits per heavy atom. The Balaban J connectivity index is 2.66. The van der Waals surface area contributed by atoms with Crippen molar-refractivity contribution >= 4 is 23.0 Å². The van der Waals surface area contributed by atoms with Crippen LogP contribution in [-0.2, 0) is 4.79 Å². The lowest BCUT2D eigenvalue weighted by atomic mass is 10.1. The first-order chi connectivity index (χ1) is 9.85. The van der Waals surface area contributed by atoms with Crippen molar-refractivity contribution in [2.75, 3.05) is 11.4 Å². The molecule has 1 aromatic rings. The van der Waals surface area contributed by atoms with Crippen molar-refractivity contribution in [3.05, 3.63) is 37.9 Å². The van der Waals surface area contributed by atoms with Gasteiger partial charge in [-0.15, -0.1) is 12.3 Å². The molecule has 1 saturated heterocycles. The lowest BCUT2D eigenvalue weighted by Gasteiger charge is -2.16. The number of nitro benzene ring substituents is 2. The first-order valence-corrected chi connectivity index (χ1v) is 6.05. The van der Waals surface area contributed by atoms with E-state index in [0.29, 0.717) is 5.56 Å². The fraction of sp³-hybridized carbons (Fsp3) is 0.308. The topological polar surface area (TPSA) is 107 Å². The number of hydrogen-bond acceptors (Lipinski definition) is 5. The minimum absolute atomic E-state index is 0.0265. The summed E-state index contributed by atoms with van der Waals surface area (Å²) in [4.78, 5) is 33.9. The molecule has 21 heavy (non-hydrogen) atoms. The molecule has 1 heterocycles. The standard InChI is InChI=1S/C13H11N3O5/c1-3-9-6-12(17)14(7-9)13-10(15(18)19)4-8(2)5-11(13)16(20)21/h1,4-5,9H,6-7H2,2H3. The van der Waals surface area contributed by atoms with Crippen LogP contribution in [0.15, 0.2) is 12.1 Å². The van der Waals surface area contributed by atoms with Gasteiger partial charge in [-0.05, 0) is 12.5 Å². The van der Waals surface area contributed by atoms with Gasteiger partial charge in [0.15, 0.2) is 0 Å². The lowest BCUT2D eigenvalue weighted by molar-refractivity contribution is -0.392. The molecule has 0 saturated carbocycles. The maximum atomic E-state index is 12.0. The van der Waals surface area contributed by atoms with Gasteiger partial charge in [0, 0.05) is 31.0 Å². The number of nitro groups is 2. The zero-order chi connectivity index (χ0) is 15.7. The van der Waals surface area contributed by atoms with E-state index < -0.39 is 33.0 Å². The number of aryl methyl sites for hydroxylation is 1. The van der Waals surface area contributed by atoms with Gasteiger partial charge in [-0.25, -0.2) is 0 Å². The normalized spacial score (nSPS) is 17.6. The van der Waals surface area contributed by atoms with Crippen LogP contribution in [-0.4, -0.2) is 22.3 Å². The van der Waals surface area contributed by atoms with E-state index in [9.17, 15) is 25.0 Å². The Hall–Kier alpha value is -2.95. The van der Waals surface area contributed by atoms with Gasteiger partial charge in [0.2, 0.25) is 11.6 Å². The minimum Gasteiger partial charge on any atom is -0.299 e. The monoisotopic (exact) mass is 289 g/mol. The zero-order valence-corrected chi connectivity index (χ0v) is 11.1. The largest absolute Gasteiger partial charge is 0.300 e. The van der Waals surface area contributed by atoms with Crippen LogP contribution < -0.4 is 4.90 Å². The molecule has 108 valence electrons. The molecule has 1 amide bonds. The van der Waals surface area contributed by atoms with E-state index in [2.05, 4.69) is 5.92 Å². The number of benzene rings is 1. The van der Waals surface area contributed by atoms with Crippen molar-refractivity contribution < 1.29 is 14.6 Å². The Labute approximate surface area is 119 Å². The first-order valence-electron chi connectivity index (χ1n) is 6.05. The van der Waals surface area contributed by atoms with Gasteiger partial charge in [-0.1, -0.05) is 0 Å². The molecule has 0 spiro atoms. The highest BCUT2D eigenvalue weighted by Gasteiger charge is 2.38. The van der Waals surface area contributed by atoms with Crippen molar-refractivity contribution in [2.24, 2.45) is 5.92 Å². The highest BCUT2D eigenvalue weighted by atomic mass is 16.6. The number of hydrogen-bond donors (Lipinski definition) is 0. The molecule has 1 aliphatic heterocycles. The molecule has 8 nitrogen and oxygen atoms in total. The smallest absolute Gasteiger partial charge is 0.299 e. The lowest BCUT2D eigenvalue weighted by Crippen LogP contribution is -2.26. The van der Waals surface area contributed by atoms with Crippen molar-refractivity contribution in [1.82, 2.24) is 0 Å². The van der Waals surface area contributed by atoms with E-state index in [1.807, 2.05) is 0 Å². The Morgan fingerprint density at radius 1 is 1.29 bits per heavy atom. The van der Waals surface area contributed by atoms with Crippen molar-refractivity contribution in [2.45, 2.75) is 13.3 Å². The van der Waals surface area contributed by atoms with Crippen LogP contribution in [0.2, 0.25) is 0 Å². The van der Waals surface area contributed by atoms with Gasteiger partial charge in [0.05, 0.1) is 9.85 Å². The van der Waals surface area contributed by atoms with Gasteiger partial charge in [0.1, 0.15) is 0 Å². The number of amides is 1. The molecule has 0 aliphatic carbocycles. The predicted octanol–water partition coefficient (Wildman–Crippen LogP) is 1.80. The van der Waals surface area contributed by atoms with Crippen LogP contribution in [0.5, 0.6) is 0 Å².